The number of ether oxygens (including phenoxy) is 1. The number of hydrogen-bond acceptors (Lipinski definition) is 3. The van der Waals surface area contributed by atoms with Crippen molar-refractivity contribution in [2.45, 2.75) is 82.5 Å². The van der Waals surface area contributed by atoms with Crippen LogP contribution in [0, 0.1) is 0 Å². The average Bonchev–Trinajstić information content (AvgIpc) is 2.96. The quantitative estimate of drug-likeness (QED) is 0.445. The van der Waals surface area contributed by atoms with Crippen molar-refractivity contribution in [1.29, 1.82) is 0 Å². The van der Waals surface area contributed by atoms with Gasteiger partial charge in [-0.15, -0.1) is 0 Å². The predicted octanol–water partition coefficient (Wildman–Crippen LogP) is 4.99. The second-order valence-electron chi connectivity index (χ2n) is 9.99. The molecular weight excluding hydrogens is 398 g/mol. The molecular formula is C28H38NO3+. The maximum absolute atomic E-state index is 12.8. The lowest BCUT2D eigenvalue weighted by Gasteiger charge is -2.47. The molecule has 4 nitrogen and oxygen atoms in total. The standard InChI is InChI=1S/C28H38NO3/c1-3-4-8-21-11-13-22(14-12-21)19-29(2)24-15-16-25(29)18-26(17-24)32-28(31)27(20-30)23-9-6-5-7-10-23/h5-7,9-14,24-27,30H,3-4,8,15-20H2,1-2H3/q+1. The van der Waals surface area contributed by atoms with Crippen LogP contribution >= 0.6 is 0 Å². The number of aliphatic hydroxyl groups is 1. The monoisotopic (exact) mass is 436 g/mol. The number of unbranched alkanes of at least 4 members (excludes halogenated alkanes) is 1. The molecule has 2 aliphatic heterocycles. The smallest absolute Gasteiger partial charge is 0.316 e. The zero-order chi connectivity index (χ0) is 22.6. The van der Waals surface area contributed by atoms with Gasteiger partial charge in [-0.25, -0.2) is 0 Å². The number of quaternary nitrogens is 1. The number of rotatable bonds is 9. The van der Waals surface area contributed by atoms with Crippen LogP contribution in [0.2, 0.25) is 0 Å². The van der Waals surface area contributed by atoms with Crippen molar-refractivity contribution in [3.05, 3.63) is 71.3 Å². The number of esters is 1. The number of nitrogens with zero attached hydrogens (tertiary/aromatic N) is 1. The van der Waals surface area contributed by atoms with E-state index in [4.69, 9.17) is 4.74 Å². The minimum absolute atomic E-state index is 0.0413. The van der Waals surface area contributed by atoms with Crippen LogP contribution in [-0.4, -0.2) is 47.4 Å². The Morgan fingerprint density at radius 3 is 2.25 bits per heavy atom. The van der Waals surface area contributed by atoms with Gasteiger partial charge in [0.1, 0.15) is 18.6 Å². The van der Waals surface area contributed by atoms with Gasteiger partial charge in [0.05, 0.1) is 25.7 Å². The van der Waals surface area contributed by atoms with Gasteiger partial charge in [-0.05, 0) is 24.0 Å². The largest absolute Gasteiger partial charge is 0.461 e. The Bertz CT molecular complexity index is 865. The summed E-state index contributed by atoms with van der Waals surface area (Å²) in [7, 11) is 2.39. The molecule has 0 aliphatic carbocycles. The predicted molar refractivity (Wildman–Crippen MR) is 127 cm³/mol. The highest BCUT2D eigenvalue weighted by atomic mass is 16.5. The summed E-state index contributed by atoms with van der Waals surface area (Å²) in [4.78, 5) is 12.8. The number of fused-ring (bicyclic) bond motifs is 2. The molecule has 2 saturated heterocycles. The van der Waals surface area contributed by atoms with E-state index in [-0.39, 0.29) is 18.7 Å². The van der Waals surface area contributed by atoms with E-state index in [1.165, 1.54) is 43.2 Å². The Morgan fingerprint density at radius 2 is 1.66 bits per heavy atom. The summed E-state index contributed by atoms with van der Waals surface area (Å²) in [5, 5.41) is 9.81. The van der Waals surface area contributed by atoms with Gasteiger partial charge in [0, 0.05) is 31.2 Å². The van der Waals surface area contributed by atoms with Crippen LogP contribution in [0.5, 0.6) is 0 Å². The second kappa shape index (κ2) is 10.2. The van der Waals surface area contributed by atoms with Crippen LogP contribution in [0.4, 0.5) is 0 Å². The summed E-state index contributed by atoms with van der Waals surface area (Å²) >= 11 is 0. The molecule has 3 atom stereocenters. The Morgan fingerprint density at radius 1 is 1.03 bits per heavy atom. The van der Waals surface area contributed by atoms with Crippen LogP contribution in [0.15, 0.2) is 54.6 Å². The Hall–Kier alpha value is -2.17. The first-order valence-electron chi connectivity index (χ1n) is 12.3. The first-order valence-corrected chi connectivity index (χ1v) is 12.3. The summed E-state index contributed by atoms with van der Waals surface area (Å²) in [6, 6.07) is 19.7. The molecule has 172 valence electrons. The topological polar surface area (TPSA) is 46.5 Å². The molecule has 1 N–H and O–H groups in total. The molecule has 0 saturated carbocycles. The molecule has 32 heavy (non-hydrogen) atoms. The van der Waals surface area contributed by atoms with Crippen molar-refractivity contribution in [3.8, 4) is 0 Å². The van der Waals surface area contributed by atoms with Crippen molar-refractivity contribution in [1.82, 2.24) is 0 Å². The highest BCUT2D eigenvalue weighted by Gasteiger charge is 2.52. The van der Waals surface area contributed by atoms with Gasteiger partial charge in [-0.1, -0.05) is 67.9 Å². The SMILES string of the molecule is CCCCc1ccc(C[N+]2(C)C3CCC2CC(OC(=O)C(CO)c2ccccc2)C3)cc1. The number of carbonyl (C=O) groups excluding carboxylic acids is 1. The molecule has 0 radical (unpaired) electrons. The Kier molecular flexibility index (Phi) is 7.32. The summed E-state index contributed by atoms with van der Waals surface area (Å²) in [6.07, 6.45) is 7.84. The number of aryl methyl sites for hydroxylation is 1. The molecule has 3 unspecified atom stereocenters. The van der Waals surface area contributed by atoms with Gasteiger partial charge in [0.2, 0.25) is 0 Å². The number of aliphatic hydroxyl groups excluding tert-OH is 1. The van der Waals surface area contributed by atoms with Gasteiger partial charge in [-0.2, -0.15) is 0 Å². The highest BCUT2D eigenvalue weighted by Crippen LogP contribution is 2.43. The van der Waals surface area contributed by atoms with Gasteiger partial charge in [0.25, 0.3) is 0 Å². The third-order valence-electron chi connectivity index (χ3n) is 7.89. The molecule has 4 heteroatoms. The number of piperidine rings is 1. The van der Waals surface area contributed by atoms with E-state index in [2.05, 4.69) is 38.2 Å². The fourth-order valence-electron chi connectivity index (χ4n) is 5.88. The van der Waals surface area contributed by atoms with E-state index in [9.17, 15) is 9.90 Å². The van der Waals surface area contributed by atoms with Crippen molar-refractivity contribution in [2.75, 3.05) is 13.7 Å². The van der Waals surface area contributed by atoms with Gasteiger partial charge in [0.15, 0.2) is 0 Å². The number of carbonyl (C=O) groups is 1. The van der Waals surface area contributed by atoms with Crippen LogP contribution < -0.4 is 0 Å². The maximum atomic E-state index is 12.8. The third kappa shape index (κ3) is 4.92. The minimum atomic E-state index is -0.595. The van der Waals surface area contributed by atoms with Crippen LogP contribution in [-0.2, 0) is 22.5 Å². The molecule has 2 aliphatic rings. The molecule has 0 aromatic heterocycles. The minimum Gasteiger partial charge on any atom is -0.461 e. The van der Waals surface area contributed by atoms with E-state index >= 15 is 0 Å². The van der Waals surface area contributed by atoms with Crippen molar-refractivity contribution in [3.63, 3.8) is 0 Å². The van der Waals surface area contributed by atoms with Crippen molar-refractivity contribution < 1.29 is 19.1 Å². The lowest BCUT2D eigenvalue weighted by atomic mass is 9.94. The van der Waals surface area contributed by atoms with Gasteiger partial charge in [-0.3, -0.25) is 4.79 Å². The van der Waals surface area contributed by atoms with Crippen LogP contribution in [0.1, 0.15) is 68.1 Å². The summed E-state index contributed by atoms with van der Waals surface area (Å²) in [5.41, 5.74) is 3.66. The molecule has 2 bridgehead atoms. The van der Waals surface area contributed by atoms with Gasteiger partial charge >= 0.3 is 5.97 Å². The van der Waals surface area contributed by atoms with Crippen molar-refractivity contribution >= 4 is 5.97 Å². The van der Waals surface area contributed by atoms with Crippen molar-refractivity contribution in [2.24, 2.45) is 0 Å². The Labute approximate surface area is 192 Å². The fourth-order valence-corrected chi connectivity index (χ4v) is 5.88. The zero-order valence-corrected chi connectivity index (χ0v) is 19.6. The zero-order valence-electron chi connectivity index (χ0n) is 19.6. The maximum Gasteiger partial charge on any atom is 0.316 e. The van der Waals surface area contributed by atoms with E-state index in [1.54, 1.807) is 0 Å². The molecule has 2 fully saturated rings. The highest BCUT2D eigenvalue weighted by molar-refractivity contribution is 5.78. The average molecular weight is 437 g/mol. The van der Waals surface area contributed by atoms with E-state index in [0.717, 1.165) is 29.4 Å². The summed E-state index contributed by atoms with van der Waals surface area (Å²) in [6.45, 7) is 3.07. The van der Waals surface area contributed by atoms with Crippen LogP contribution in [0.25, 0.3) is 0 Å². The van der Waals surface area contributed by atoms with Gasteiger partial charge < -0.3 is 14.3 Å². The first-order chi connectivity index (χ1) is 15.5. The third-order valence-corrected chi connectivity index (χ3v) is 7.89. The fraction of sp³-hybridized carbons (Fsp3) is 0.536. The lowest BCUT2D eigenvalue weighted by molar-refractivity contribution is -0.961. The van der Waals surface area contributed by atoms with Crippen LogP contribution in [0.3, 0.4) is 0 Å². The van der Waals surface area contributed by atoms with E-state index in [0.29, 0.717) is 12.1 Å². The normalized spacial score (nSPS) is 27.8. The summed E-state index contributed by atoms with van der Waals surface area (Å²) in [5.74, 6) is -0.884. The molecule has 2 aromatic carbocycles. The molecule has 0 amide bonds. The number of benzene rings is 2. The lowest BCUT2D eigenvalue weighted by Crippen LogP contribution is -2.58. The molecule has 0 spiro atoms. The van der Waals surface area contributed by atoms with E-state index < -0.39 is 5.92 Å². The Balaban J connectivity index is 1.38. The second-order valence-corrected chi connectivity index (χ2v) is 9.99. The molecule has 2 aromatic rings. The molecule has 2 heterocycles. The number of hydrogen-bond donors (Lipinski definition) is 1. The molecule has 4 rings (SSSR count). The first kappa shape index (κ1) is 23.0. The summed E-state index contributed by atoms with van der Waals surface area (Å²) < 4.78 is 7.03. The van der Waals surface area contributed by atoms with E-state index in [1.807, 2.05) is 30.3 Å².